The molecule has 0 bridgehead atoms. The number of hydrogen-bond acceptors (Lipinski definition) is 11. The van der Waals surface area contributed by atoms with Gasteiger partial charge in [-0.05, 0) is 42.2 Å². The normalized spacial score (nSPS) is 16.0. The summed E-state index contributed by atoms with van der Waals surface area (Å²) in [6.07, 6.45) is 4.19. The molecule has 11 nitrogen and oxygen atoms in total. The molecular weight excluding hydrogens is 590 g/mol. The number of methoxy groups -OCH3 is 1. The van der Waals surface area contributed by atoms with Gasteiger partial charge in [-0.2, -0.15) is 11.8 Å². The summed E-state index contributed by atoms with van der Waals surface area (Å²) in [4.78, 5) is 65.6. The van der Waals surface area contributed by atoms with Crippen molar-refractivity contribution >= 4 is 46.9 Å². The van der Waals surface area contributed by atoms with Gasteiger partial charge in [0, 0.05) is 63.1 Å². The first kappa shape index (κ1) is 34.4. The number of carbonyl (C=O) groups is 4. The average molecular weight is 634 g/mol. The molecule has 3 rings (SSSR count). The van der Waals surface area contributed by atoms with E-state index in [4.69, 9.17) is 9.47 Å². The van der Waals surface area contributed by atoms with Crippen LogP contribution in [0.15, 0.2) is 17.8 Å². The SMILES string of the molecule is COC(=O)[C@@H](C)C[C@H](Cc1ncc(C)cn1)NC(=O)c1csc([C@@H](CC(C(C)C)N(C)C(=O)CC2CSC2)OC(C)=O)n1. The fraction of sp³-hybridized carbons (Fsp3) is 0.633. The van der Waals surface area contributed by atoms with Crippen molar-refractivity contribution in [2.24, 2.45) is 17.8 Å². The first-order valence-corrected chi connectivity index (χ1v) is 16.5. The van der Waals surface area contributed by atoms with E-state index < -0.39 is 29.9 Å². The summed E-state index contributed by atoms with van der Waals surface area (Å²) in [6.45, 7) is 9.03. The van der Waals surface area contributed by atoms with Crippen LogP contribution in [0.2, 0.25) is 0 Å². The van der Waals surface area contributed by atoms with Crippen LogP contribution in [0.25, 0.3) is 0 Å². The van der Waals surface area contributed by atoms with Crippen LogP contribution in [0.3, 0.4) is 0 Å². The molecule has 0 radical (unpaired) electrons. The van der Waals surface area contributed by atoms with E-state index in [2.05, 4.69) is 20.3 Å². The molecule has 1 aliphatic rings. The molecule has 1 fully saturated rings. The maximum Gasteiger partial charge on any atom is 0.308 e. The van der Waals surface area contributed by atoms with E-state index in [9.17, 15) is 19.2 Å². The minimum atomic E-state index is -0.720. The largest absolute Gasteiger partial charge is 0.469 e. The number of hydrogen-bond donors (Lipinski definition) is 1. The minimum absolute atomic E-state index is 0.0783. The second-order valence-electron chi connectivity index (χ2n) is 11.5. The third-order valence-corrected chi connectivity index (χ3v) is 9.82. The highest BCUT2D eigenvalue weighted by atomic mass is 32.2. The number of esters is 2. The number of ether oxygens (including phenoxy) is 2. The van der Waals surface area contributed by atoms with E-state index in [0.717, 1.165) is 17.1 Å². The van der Waals surface area contributed by atoms with E-state index in [1.807, 2.05) is 32.5 Å². The summed E-state index contributed by atoms with van der Waals surface area (Å²) in [7, 11) is 3.13. The van der Waals surface area contributed by atoms with Gasteiger partial charge in [0.15, 0.2) is 6.10 Å². The molecule has 2 aromatic heterocycles. The van der Waals surface area contributed by atoms with E-state index in [1.54, 1.807) is 36.6 Å². The lowest BCUT2D eigenvalue weighted by atomic mass is 9.95. The maximum atomic E-state index is 13.4. The lowest BCUT2D eigenvalue weighted by Gasteiger charge is -2.35. The number of aromatic nitrogens is 3. The molecule has 0 aromatic carbocycles. The van der Waals surface area contributed by atoms with Crippen LogP contribution in [0.1, 0.15) is 79.9 Å². The Hall–Kier alpha value is -3.06. The summed E-state index contributed by atoms with van der Waals surface area (Å²) in [5.41, 5.74) is 1.09. The number of nitrogens with zero attached hydrogens (tertiary/aromatic N) is 4. The molecule has 0 aliphatic carbocycles. The highest BCUT2D eigenvalue weighted by molar-refractivity contribution is 8.00. The highest BCUT2D eigenvalue weighted by Gasteiger charge is 2.32. The molecular formula is C30H43N5O6S2. The van der Waals surface area contributed by atoms with Crippen LogP contribution in [-0.4, -0.2) is 81.4 Å². The highest BCUT2D eigenvalue weighted by Crippen LogP contribution is 2.32. The van der Waals surface area contributed by atoms with Gasteiger partial charge in [-0.3, -0.25) is 19.2 Å². The first-order valence-electron chi connectivity index (χ1n) is 14.5. The van der Waals surface area contributed by atoms with Crippen LogP contribution in [0.5, 0.6) is 0 Å². The van der Waals surface area contributed by atoms with Crippen molar-refractivity contribution in [3.63, 3.8) is 0 Å². The van der Waals surface area contributed by atoms with Crippen molar-refractivity contribution in [1.29, 1.82) is 0 Å². The Morgan fingerprint density at radius 1 is 1.12 bits per heavy atom. The fourth-order valence-electron chi connectivity index (χ4n) is 4.94. The third-order valence-electron chi connectivity index (χ3n) is 7.46. The molecule has 1 saturated heterocycles. The molecule has 4 atom stereocenters. The van der Waals surface area contributed by atoms with Crippen molar-refractivity contribution in [3.05, 3.63) is 39.9 Å². The van der Waals surface area contributed by atoms with E-state index in [-0.39, 0.29) is 29.5 Å². The van der Waals surface area contributed by atoms with Gasteiger partial charge in [0.05, 0.1) is 13.0 Å². The molecule has 0 saturated carbocycles. The second kappa shape index (κ2) is 16.1. The van der Waals surface area contributed by atoms with Crippen molar-refractivity contribution in [1.82, 2.24) is 25.2 Å². The Morgan fingerprint density at radius 3 is 2.35 bits per heavy atom. The van der Waals surface area contributed by atoms with E-state index in [0.29, 0.717) is 42.4 Å². The molecule has 13 heteroatoms. The lowest BCUT2D eigenvalue weighted by Crippen LogP contribution is -2.43. The van der Waals surface area contributed by atoms with Crippen molar-refractivity contribution in [2.45, 2.75) is 78.5 Å². The number of carbonyl (C=O) groups excluding carboxylic acids is 4. The van der Waals surface area contributed by atoms with Crippen molar-refractivity contribution in [3.8, 4) is 0 Å². The Kier molecular flexibility index (Phi) is 12.9. The zero-order chi connectivity index (χ0) is 31.7. The summed E-state index contributed by atoms with van der Waals surface area (Å²) in [5.74, 6) is 1.41. The summed E-state index contributed by atoms with van der Waals surface area (Å²) in [5, 5.41) is 5.07. The Morgan fingerprint density at radius 2 is 1.79 bits per heavy atom. The maximum absolute atomic E-state index is 13.4. The molecule has 1 aliphatic heterocycles. The lowest BCUT2D eigenvalue weighted by molar-refractivity contribution is -0.148. The van der Waals surface area contributed by atoms with Crippen LogP contribution in [-0.2, 0) is 30.3 Å². The van der Waals surface area contributed by atoms with Gasteiger partial charge in [-0.15, -0.1) is 11.3 Å². The number of amides is 2. The number of nitrogens with one attached hydrogen (secondary N) is 1. The molecule has 3 heterocycles. The predicted octanol–water partition coefficient (Wildman–Crippen LogP) is 4.01. The molecule has 0 spiro atoms. The molecule has 236 valence electrons. The second-order valence-corrected chi connectivity index (χ2v) is 13.5. The summed E-state index contributed by atoms with van der Waals surface area (Å²) >= 11 is 3.07. The van der Waals surface area contributed by atoms with Crippen LogP contribution in [0.4, 0.5) is 0 Å². The average Bonchev–Trinajstić information content (AvgIpc) is 3.43. The topological polar surface area (TPSA) is 141 Å². The number of aryl methyl sites for hydroxylation is 1. The molecule has 1 unspecified atom stereocenters. The summed E-state index contributed by atoms with van der Waals surface area (Å²) in [6, 6.07) is -0.651. The monoisotopic (exact) mass is 633 g/mol. The standard InChI is InChI=1S/C30H43N5O6S2/c1-17(2)24(35(6)27(37)9-21-14-42-15-21)11-25(41-20(5)36)29-34-23(16-43-29)28(38)33-22(8-19(4)30(39)40-7)10-26-31-12-18(3)13-32-26/h12-13,16-17,19,21-22,24-25H,8-11,14-15H2,1-7H3,(H,33,38)/t19-,22+,24?,25+/m0/s1. The van der Waals surface area contributed by atoms with Crippen LogP contribution < -0.4 is 5.32 Å². The fourth-order valence-corrected chi connectivity index (χ4v) is 6.58. The zero-order valence-electron chi connectivity index (χ0n) is 26.0. The van der Waals surface area contributed by atoms with Crippen LogP contribution in [0, 0.1) is 24.7 Å². The van der Waals surface area contributed by atoms with Crippen LogP contribution >= 0.6 is 23.1 Å². The van der Waals surface area contributed by atoms with Crippen molar-refractivity contribution in [2.75, 3.05) is 25.7 Å². The predicted molar refractivity (Wildman–Crippen MR) is 166 cm³/mol. The Balaban J connectivity index is 1.76. The molecule has 2 amide bonds. The van der Waals surface area contributed by atoms with E-state index >= 15 is 0 Å². The third kappa shape index (κ3) is 10.3. The number of rotatable bonds is 15. The van der Waals surface area contributed by atoms with Gasteiger partial charge in [-0.25, -0.2) is 15.0 Å². The van der Waals surface area contributed by atoms with E-state index in [1.165, 1.54) is 25.4 Å². The number of thiazole rings is 1. The number of thioether (sulfide) groups is 1. The first-order chi connectivity index (χ1) is 20.4. The molecule has 1 N–H and O–H groups in total. The molecule has 2 aromatic rings. The quantitative estimate of drug-likeness (QED) is 0.286. The minimum Gasteiger partial charge on any atom is -0.469 e. The van der Waals surface area contributed by atoms with Gasteiger partial charge in [0.2, 0.25) is 5.91 Å². The Labute approximate surface area is 261 Å². The van der Waals surface area contributed by atoms with Gasteiger partial charge in [-0.1, -0.05) is 20.8 Å². The van der Waals surface area contributed by atoms with Gasteiger partial charge in [0.25, 0.3) is 5.91 Å². The van der Waals surface area contributed by atoms with Gasteiger partial charge < -0.3 is 19.7 Å². The van der Waals surface area contributed by atoms with Crippen molar-refractivity contribution < 1.29 is 28.7 Å². The molecule has 43 heavy (non-hydrogen) atoms. The van der Waals surface area contributed by atoms with Gasteiger partial charge in [0.1, 0.15) is 16.5 Å². The zero-order valence-corrected chi connectivity index (χ0v) is 27.6. The summed E-state index contributed by atoms with van der Waals surface area (Å²) < 4.78 is 10.6. The Bertz CT molecular complexity index is 1250. The smallest absolute Gasteiger partial charge is 0.308 e. The van der Waals surface area contributed by atoms with Gasteiger partial charge >= 0.3 is 11.9 Å².